The minimum atomic E-state index is 0.636. The summed E-state index contributed by atoms with van der Waals surface area (Å²) in [5, 5.41) is 3.40. The Balaban J connectivity index is 1.67. The highest BCUT2D eigenvalue weighted by atomic mass is 16.5. The Morgan fingerprint density at radius 1 is 1.29 bits per heavy atom. The van der Waals surface area contributed by atoms with E-state index in [1.54, 1.807) is 13.3 Å². The molecule has 3 rings (SSSR count). The Labute approximate surface area is 125 Å². The minimum absolute atomic E-state index is 0.636. The Kier molecular flexibility index (Phi) is 3.95. The predicted molar refractivity (Wildman–Crippen MR) is 86.1 cm³/mol. The zero-order valence-electron chi connectivity index (χ0n) is 12.6. The van der Waals surface area contributed by atoms with E-state index in [2.05, 4.69) is 40.4 Å². The summed E-state index contributed by atoms with van der Waals surface area (Å²) in [5.41, 5.74) is 5.14. The van der Waals surface area contributed by atoms with Gasteiger partial charge in [-0.05, 0) is 36.1 Å². The summed E-state index contributed by atoms with van der Waals surface area (Å²) in [6, 6.07) is 10.6. The SMILES string of the molecule is COc1ccc(NCc2ccc3c(c2)CCCN3C)cn1. The summed E-state index contributed by atoms with van der Waals surface area (Å²) >= 11 is 0. The highest BCUT2D eigenvalue weighted by Gasteiger charge is 2.13. The fourth-order valence-corrected chi connectivity index (χ4v) is 2.76. The van der Waals surface area contributed by atoms with E-state index in [-0.39, 0.29) is 0 Å². The summed E-state index contributed by atoms with van der Waals surface area (Å²) in [4.78, 5) is 6.53. The van der Waals surface area contributed by atoms with Crippen molar-refractivity contribution < 1.29 is 4.74 Å². The van der Waals surface area contributed by atoms with Gasteiger partial charge in [-0.25, -0.2) is 4.98 Å². The van der Waals surface area contributed by atoms with Crippen molar-refractivity contribution >= 4 is 11.4 Å². The maximum Gasteiger partial charge on any atom is 0.213 e. The second kappa shape index (κ2) is 6.04. The van der Waals surface area contributed by atoms with Gasteiger partial charge in [0.2, 0.25) is 5.88 Å². The number of ether oxygens (including phenoxy) is 1. The summed E-state index contributed by atoms with van der Waals surface area (Å²) in [5.74, 6) is 0.636. The number of hydrogen-bond acceptors (Lipinski definition) is 4. The van der Waals surface area contributed by atoms with Crippen molar-refractivity contribution in [2.24, 2.45) is 0 Å². The lowest BCUT2D eigenvalue weighted by Crippen LogP contribution is -2.24. The first-order valence-electron chi connectivity index (χ1n) is 7.33. The molecule has 1 N–H and O–H groups in total. The van der Waals surface area contributed by atoms with E-state index in [4.69, 9.17) is 4.74 Å². The average molecular weight is 283 g/mol. The van der Waals surface area contributed by atoms with Gasteiger partial charge in [0.25, 0.3) is 0 Å². The zero-order chi connectivity index (χ0) is 14.7. The van der Waals surface area contributed by atoms with Crippen LogP contribution in [-0.2, 0) is 13.0 Å². The molecule has 4 nitrogen and oxygen atoms in total. The number of methoxy groups -OCH3 is 1. The first kappa shape index (κ1) is 13.7. The van der Waals surface area contributed by atoms with Crippen LogP contribution in [0.5, 0.6) is 5.88 Å². The van der Waals surface area contributed by atoms with Crippen LogP contribution in [0, 0.1) is 0 Å². The Bertz CT molecular complexity index is 610. The maximum absolute atomic E-state index is 5.06. The fourth-order valence-electron chi connectivity index (χ4n) is 2.76. The number of nitrogens with one attached hydrogen (secondary N) is 1. The zero-order valence-corrected chi connectivity index (χ0v) is 12.6. The lowest BCUT2D eigenvalue weighted by molar-refractivity contribution is 0.398. The van der Waals surface area contributed by atoms with Crippen molar-refractivity contribution in [3.05, 3.63) is 47.7 Å². The Morgan fingerprint density at radius 3 is 2.95 bits per heavy atom. The molecule has 0 unspecified atom stereocenters. The number of pyridine rings is 1. The molecular formula is C17H21N3O. The molecule has 0 spiro atoms. The van der Waals surface area contributed by atoms with Crippen LogP contribution in [0.1, 0.15) is 17.5 Å². The number of rotatable bonds is 4. The lowest BCUT2D eigenvalue weighted by Gasteiger charge is -2.27. The van der Waals surface area contributed by atoms with Crippen molar-refractivity contribution in [2.75, 3.05) is 30.9 Å². The molecule has 1 aliphatic rings. The molecule has 2 aromatic rings. The third kappa shape index (κ3) is 3.10. The number of anilines is 2. The number of aromatic nitrogens is 1. The van der Waals surface area contributed by atoms with Crippen molar-refractivity contribution in [1.82, 2.24) is 4.98 Å². The molecule has 1 aromatic carbocycles. The molecule has 1 aromatic heterocycles. The minimum Gasteiger partial charge on any atom is -0.481 e. The van der Waals surface area contributed by atoms with Crippen LogP contribution in [-0.4, -0.2) is 25.7 Å². The van der Waals surface area contributed by atoms with Crippen molar-refractivity contribution in [3.8, 4) is 5.88 Å². The lowest BCUT2D eigenvalue weighted by atomic mass is 9.99. The smallest absolute Gasteiger partial charge is 0.213 e. The highest BCUT2D eigenvalue weighted by molar-refractivity contribution is 5.56. The first-order valence-corrected chi connectivity index (χ1v) is 7.33. The van der Waals surface area contributed by atoms with Crippen LogP contribution in [0.4, 0.5) is 11.4 Å². The third-order valence-corrected chi connectivity index (χ3v) is 3.94. The molecule has 0 radical (unpaired) electrons. The number of fused-ring (bicyclic) bond motifs is 1. The fraction of sp³-hybridized carbons (Fsp3) is 0.353. The number of aryl methyl sites for hydroxylation is 1. The maximum atomic E-state index is 5.06. The Morgan fingerprint density at radius 2 is 2.19 bits per heavy atom. The average Bonchev–Trinajstić information content (AvgIpc) is 2.53. The normalized spacial score (nSPS) is 13.7. The van der Waals surface area contributed by atoms with Crippen molar-refractivity contribution in [1.29, 1.82) is 0 Å². The predicted octanol–water partition coefficient (Wildman–Crippen LogP) is 3.08. The molecule has 21 heavy (non-hydrogen) atoms. The Hall–Kier alpha value is -2.23. The summed E-state index contributed by atoms with van der Waals surface area (Å²) < 4.78 is 5.06. The molecule has 0 fully saturated rings. The molecular weight excluding hydrogens is 262 g/mol. The van der Waals surface area contributed by atoms with Crippen LogP contribution >= 0.6 is 0 Å². The van der Waals surface area contributed by atoms with Gasteiger partial charge in [-0.3, -0.25) is 0 Å². The molecule has 0 aliphatic carbocycles. The number of benzene rings is 1. The largest absolute Gasteiger partial charge is 0.481 e. The summed E-state index contributed by atoms with van der Waals surface area (Å²) in [6.45, 7) is 1.97. The number of nitrogens with zero attached hydrogens (tertiary/aromatic N) is 2. The van der Waals surface area contributed by atoms with Crippen LogP contribution in [0.25, 0.3) is 0 Å². The summed E-state index contributed by atoms with van der Waals surface area (Å²) in [6.07, 6.45) is 4.21. The molecule has 1 aliphatic heterocycles. The third-order valence-electron chi connectivity index (χ3n) is 3.94. The van der Waals surface area contributed by atoms with E-state index < -0.39 is 0 Å². The summed E-state index contributed by atoms with van der Waals surface area (Å²) in [7, 11) is 3.79. The molecule has 0 amide bonds. The van der Waals surface area contributed by atoms with E-state index in [1.165, 1.54) is 29.7 Å². The molecule has 0 saturated heterocycles. The van der Waals surface area contributed by atoms with E-state index in [9.17, 15) is 0 Å². The van der Waals surface area contributed by atoms with E-state index in [0.29, 0.717) is 5.88 Å². The van der Waals surface area contributed by atoms with Gasteiger partial charge in [-0.15, -0.1) is 0 Å². The molecule has 2 heterocycles. The standard InChI is InChI=1S/C17H21N3O/c1-20-9-3-4-14-10-13(5-7-16(14)20)11-18-15-6-8-17(21-2)19-12-15/h5-8,10,12,18H,3-4,9,11H2,1-2H3. The highest BCUT2D eigenvalue weighted by Crippen LogP contribution is 2.27. The van der Waals surface area contributed by atoms with Gasteiger partial charge in [0.05, 0.1) is 19.0 Å². The van der Waals surface area contributed by atoms with Gasteiger partial charge >= 0.3 is 0 Å². The van der Waals surface area contributed by atoms with Crippen LogP contribution in [0.15, 0.2) is 36.5 Å². The van der Waals surface area contributed by atoms with E-state index >= 15 is 0 Å². The van der Waals surface area contributed by atoms with Gasteiger partial charge in [0, 0.05) is 31.9 Å². The number of hydrogen-bond donors (Lipinski definition) is 1. The molecule has 4 heteroatoms. The van der Waals surface area contributed by atoms with Crippen molar-refractivity contribution in [3.63, 3.8) is 0 Å². The molecule has 110 valence electrons. The molecule has 0 saturated carbocycles. The van der Waals surface area contributed by atoms with Gasteiger partial charge in [0.1, 0.15) is 0 Å². The molecule has 0 atom stereocenters. The van der Waals surface area contributed by atoms with E-state index in [0.717, 1.165) is 18.8 Å². The van der Waals surface area contributed by atoms with Gasteiger partial charge in [-0.1, -0.05) is 12.1 Å². The second-order valence-electron chi connectivity index (χ2n) is 5.43. The topological polar surface area (TPSA) is 37.4 Å². The van der Waals surface area contributed by atoms with Crippen LogP contribution in [0.2, 0.25) is 0 Å². The van der Waals surface area contributed by atoms with E-state index in [1.807, 2.05) is 12.1 Å². The van der Waals surface area contributed by atoms with Gasteiger partial charge in [0.15, 0.2) is 0 Å². The van der Waals surface area contributed by atoms with Crippen LogP contribution in [0.3, 0.4) is 0 Å². The quantitative estimate of drug-likeness (QED) is 0.935. The molecule has 0 bridgehead atoms. The van der Waals surface area contributed by atoms with Gasteiger partial charge in [-0.2, -0.15) is 0 Å². The monoisotopic (exact) mass is 283 g/mol. The van der Waals surface area contributed by atoms with Gasteiger partial charge < -0.3 is 15.0 Å². The van der Waals surface area contributed by atoms with Crippen LogP contribution < -0.4 is 15.0 Å². The second-order valence-corrected chi connectivity index (χ2v) is 5.43. The first-order chi connectivity index (χ1) is 10.3. The van der Waals surface area contributed by atoms with Crippen molar-refractivity contribution in [2.45, 2.75) is 19.4 Å².